The van der Waals surface area contributed by atoms with E-state index in [1.54, 1.807) is 11.3 Å². The van der Waals surface area contributed by atoms with E-state index in [2.05, 4.69) is 38.1 Å². The summed E-state index contributed by atoms with van der Waals surface area (Å²) < 4.78 is 13.7. The highest BCUT2D eigenvalue weighted by molar-refractivity contribution is 9.10. The Labute approximate surface area is 119 Å². The van der Waals surface area contributed by atoms with Crippen LogP contribution in [-0.4, -0.2) is 7.05 Å². The second-order valence-electron chi connectivity index (χ2n) is 4.19. The SMILES string of the molecule is CNC(CCc1ccsc1)c1ccc(F)c(Br)c1. The molecule has 1 nitrogen and oxygen atoms in total. The molecular weight excluding hydrogens is 313 g/mol. The topological polar surface area (TPSA) is 12.0 Å². The molecule has 18 heavy (non-hydrogen) atoms. The van der Waals surface area contributed by atoms with Crippen molar-refractivity contribution < 1.29 is 4.39 Å². The Kier molecular flexibility index (Phi) is 4.92. The third kappa shape index (κ3) is 3.40. The molecule has 0 aliphatic carbocycles. The molecule has 96 valence electrons. The van der Waals surface area contributed by atoms with E-state index in [-0.39, 0.29) is 11.9 Å². The van der Waals surface area contributed by atoms with Crippen LogP contribution in [0.25, 0.3) is 0 Å². The number of hydrogen-bond acceptors (Lipinski definition) is 2. The molecular formula is C14H15BrFNS. The summed E-state index contributed by atoms with van der Waals surface area (Å²) in [6.45, 7) is 0. The predicted octanol–water partition coefficient (Wildman–Crippen LogP) is 4.54. The highest BCUT2D eigenvalue weighted by Crippen LogP contribution is 2.24. The molecule has 2 aromatic rings. The fourth-order valence-electron chi connectivity index (χ4n) is 1.95. The highest BCUT2D eigenvalue weighted by Gasteiger charge is 2.11. The summed E-state index contributed by atoms with van der Waals surface area (Å²) in [5, 5.41) is 7.56. The molecule has 1 heterocycles. The lowest BCUT2D eigenvalue weighted by Gasteiger charge is -2.16. The van der Waals surface area contributed by atoms with Gasteiger partial charge in [0.15, 0.2) is 0 Å². The van der Waals surface area contributed by atoms with Gasteiger partial charge in [0, 0.05) is 6.04 Å². The highest BCUT2D eigenvalue weighted by atomic mass is 79.9. The number of rotatable bonds is 5. The van der Waals surface area contributed by atoms with Gasteiger partial charge in [-0.3, -0.25) is 0 Å². The van der Waals surface area contributed by atoms with Gasteiger partial charge in [-0.2, -0.15) is 11.3 Å². The van der Waals surface area contributed by atoms with E-state index in [1.807, 2.05) is 19.2 Å². The molecule has 4 heteroatoms. The second kappa shape index (κ2) is 6.45. The smallest absolute Gasteiger partial charge is 0.137 e. The quantitative estimate of drug-likeness (QED) is 0.849. The minimum atomic E-state index is -0.216. The summed E-state index contributed by atoms with van der Waals surface area (Å²) in [6, 6.07) is 7.60. The molecule has 0 spiro atoms. The van der Waals surface area contributed by atoms with Crippen LogP contribution in [0.5, 0.6) is 0 Å². The number of aryl methyl sites for hydroxylation is 1. The summed E-state index contributed by atoms with van der Waals surface area (Å²) in [5.41, 5.74) is 2.47. The third-order valence-electron chi connectivity index (χ3n) is 3.00. The van der Waals surface area contributed by atoms with Crippen molar-refractivity contribution in [3.05, 3.63) is 56.4 Å². The van der Waals surface area contributed by atoms with Gasteiger partial charge in [0.05, 0.1) is 4.47 Å². The maximum Gasteiger partial charge on any atom is 0.137 e. The molecule has 0 aliphatic heterocycles. The minimum absolute atomic E-state index is 0.216. The summed E-state index contributed by atoms with van der Waals surface area (Å²) in [7, 11) is 1.94. The zero-order valence-corrected chi connectivity index (χ0v) is 12.5. The lowest BCUT2D eigenvalue weighted by molar-refractivity contribution is 0.546. The van der Waals surface area contributed by atoms with Gasteiger partial charge in [0.2, 0.25) is 0 Å². The molecule has 2 rings (SSSR count). The summed E-state index contributed by atoms with van der Waals surface area (Å²) in [4.78, 5) is 0. The fourth-order valence-corrected chi connectivity index (χ4v) is 3.05. The first-order valence-corrected chi connectivity index (χ1v) is 7.57. The molecule has 0 radical (unpaired) electrons. The van der Waals surface area contributed by atoms with E-state index in [0.29, 0.717) is 4.47 Å². The maximum atomic E-state index is 13.2. The van der Waals surface area contributed by atoms with E-state index in [1.165, 1.54) is 11.6 Å². The van der Waals surface area contributed by atoms with Crippen molar-refractivity contribution in [3.63, 3.8) is 0 Å². The Bertz CT molecular complexity index is 499. The van der Waals surface area contributed by atoms with Crippen LogP contribution in [0.3, 0.4) is 0 Å². The Hall–Kier alpha value is -0.710. The maximum absolute atomic E-state index is 13.2. The van der Waals surface area contributed by atoms with Gasteiger partial charge in [-0.25, -0.2) is 4.39 Å². The number of benzene rings is 1. The van der Waals surface area contributed by atoms with Crippen molar-refractivity contribution in [2.75, 3.05) is 7.05 Å². The largest absolute Gasteiger partial charge is 0.313 e. The molecule has 0 amide bonds. The van der Waals surface area contributed by atoms with Crippen LogP contribution in [0.4, 0.5) is 4.39 Å². The number of halogens is 2. The van der Waals surface area contributed by atoms with Crippen LogP contribution >= 0.6 is 27.3 Å². The van der Waals surface area contributed by atoms with Crippen LogP contribution in [0, 0.1) is 5.82 Å². The van der Waals surface area contributed by atoms with E-state index < -0.39 is 0 Å². The molecule has 0 saturated heterocycles. The van der Waals surface area contributed by atoms with E-state index in [0.717, 1.165) is 18.4 Å². The molecule has 0 fully saturated rings. The van der Waals surface area contributed by atoms with Crippen molar-refractivity contribution in [2.24, 2.45) is 0 Å². The molecule has 0 bridgehead atoms. The van der Waals surface area contributed by atoms with Crippen LogP contribution in [0.1, 0.15) is 23.6 Å². The van der Waals surface area contributed by atoms with E-state index in [4.69, 9.17) is 0 Å². The monoisotopic (exact) mass is 327 g/mol. The Balaban J connectivity index is 2.05. The Morgan fingerprint density at radius 1 is 1.39 bits per heavy atom. The zero-order valence-electron chi connectivity index (χ0n) is 10.1. The van der Waals surface area contributed by atoms with E-state index in [9.17, 15) is 4.39 Å². The first-order chi connectivity index (χ1) is 8.70. The van der Waals surface area contributed by atoms with Gasteiger partial charge >= 0.3 is 0 Å². The molecule has 1 aromatic carbocycles. The molecule has 1 N–H and O–H groups in total. The third-order valence-corrected chi connectivity index (χ3v) is 4.34. The Morgan fingerprint density at radius 2 is 2.22 bits per heavy atom. The lowest BCUT2D eigenvalue weighted by atomic mass is 10.0. The first kappa shape index (κ1) is 13.7. The van der Waals surface area contributed by atoms with Crippen LogP contribution in [0.15, 0.2) is 39.5 Å². The normalized spacial score (nSPS) is 12.6. The predicted molar refractivity (Wildman–Crippen MR) is 78.5 cm³/mol. The number of hydrogen-bond donors (Lipinski definition) is 1. The first-order valence-electron chi connectivity index (χ1n) is 5.84. The minimum Gasteiger partial charge on any atom is -0.313 e. The van der Waals surface area contributed by atoms with Crippen molar-refractivity contribution >= 4 is 27.3 Å². The van der Waals surface area contributed by atoms with E-state index >= 15 is 0 Å². The molecule has 1 atom stereocenters. The average molecular weight is 328 g/mol. The average Bonchev–Trinajstić information content (AvgIpc) is 2.87. The van der Waals surface area contributed by atoms with Crippen molar-refractivity contribution in [1.29, 1.82) is 0 Å². The molecule has 1 aromatic heterocycles. The number of nitrogens with one attached hydrogen (secondary N) is 1. The van der Waals surface area contributed by atoms with Crippen LogP contribution < -0.4 is 5.32 Å². The standard InChI is InChI=1S/C14H15BrFNS/c1-17-14(5-2-10-6-7-18-9-10)11-3-4-13(16)12(15)8-11/h3-4,6-9,14,17H,2,5H2,1H3. The molecule has 0 aliphatic rings. The fraction of sp³-hybridized carbons (Fsp3) is 0.286. The lowest BCUT2D eigenvalue weighted by Crippen LogP contribution is -2.17. The Morgan fingerprint density at radius 3 is 2.83 bits per heavy atom. The van der Waals surface area contributed by atoms with Gasteiger partial charge in [-0.15, -0.1) is 0 Å². The summed E-state index contributed by atoms with van der Waals surface area (Å²) in [5.74, 6) is -0.216. The second-order valence-corrected chi connectivity index (χ2v) is 5.82. The van der Waals surface area contributed by atoms with Crippen molar-refractivity contribution in [3.8, 4) is 0 Å². The van der Waals surface area contributed by atoms with Gasteiger partial charge in [-0.1, -0.05) is 6.07 Å². The van der Waals surface area contributed by atoms with Crippen molar-refractivity contribution in [2.45, 2.75) is 18.9 Å². The van der Waals surface area contributed by atoms with Crippen molar-refractivity contribution in [1.82, 2.24) is 5.32 Å². The van der Waals surface area contributed by atoms with Gasteiger partial charge < -0.3 is 5.32 Å². The summed E-state index contributed by atoms with van der Waals surface area (Å²) >= 11 is 4.95. The molecule has 1 unspecified atom stereocenters. The summed E-state index contributed by atoms with van der Waals surface area (Å²) in [6.07, 6.45) is 2.04. The van der Waals surface area contributed by atoms with Gasteiger partial charge in [0.25, 0.3) is 0 Å². The zero-order chi connectivity index (χ0) is 13.0. The van der Waals surface area contributed by atoms with Crippen LogP contribution in [-0.2, 0) is 6.42 Å². The van der Waals surface area contributed by atoms with Gasteiger partial charge in [0.1, 0.15) is 5.82 Å². The molecule has 0 saturated carbocycles. The van der Waals surface area contributed by atoms with Gasteiger partial charge in [-0.05, 0) is 75.9 Å². The van der Waals surface area contributed by atoms with Crippen LogP contribution in [0.2, 0.25) is 0 Å². The number of thiophene rings is 1.